The van der Waals surface area contributed by atoms with E-state index in [1.54, 1.807) is 6.08 Å². The molecule has 0 aromatic carbocycles. The third-order valence-corrected chi connectivity index (χ3v) is 12.0. The minimum absolute atomic E-state index is 0.0249. The number of carbonyl (C=O) groups is 1. The van der Waals surface area contributed by atoms with Crippen molar-refractivity contribution in [3.8, 4) is 0 Å². The maximum atomic E-state index is 12.9. The van der Waals surface area contributed by atoms with Crippen molar-refractivity contribution in [2.75, 3.05) is 40.9 Å². The van der Waals surface area contributed by atoms with Crippen molar-refractivity contribution < 1.29 is 32.9 Å². The van der Waals surface area contributed by atoms with E-state index in [0.717, 1.165) is 135 Å². The summed E-state index contributed by atoms with van der Waals surface area (Å²) in [4.78, 5) is 25.4. The third-order valence-electron chi connectivity index (χ3n) is 11.1. The van der Waals surface area contributed by atoms with Gasteiger partial charge in [0.25, 0.3) is 7.82 Å². The second-order valence-electron chi connectivity index (χ2n) is 19.2. The number of quaternary nitrogens is 1. The van der Waals surface area contributed by atoms with Gasteiger partial charge in [-0.2, -0.15) is 0 Å². The van der Waals surface area contributed by atoms with E-state index in [2.05, 4.69) is 189 Å². The summed E-state index contributed by atoms with van der Waals surface area (Å²) in [5.41, 5.74) is 0. The van der Waals surface area contributed by atoms with E-state index in [4.69, 9.17) is 9.05 Å². The Bertz CT molecular complexity index is 1850. The Morgan fingerprint density at radius 2 is 0.838 bits per heavy atom. The predicted molar refractivity (Wildman–Crippen MR) is 320 cm³/mol. The summed E-state index contributed by atoms with van der Waals surface area (Å²) < 4.78 is 23.2. The molecule has 414 valence electrons. The first-order valence-electron chi connectivity index (χ1n) is 28.1. The van der Waals surface area contributed by atoms with Crippen molar-refractivity contribution in [3.63, 3.8) is 0 Å². The normalized spacial score (nSPS) is 15.3. The number of likely N-dealkylation sites (N-methyl/N-ethyl adjacent to an activating group) is 1. The van der Waals surface area contributed by atoms with Gasteiger partial charge >= 0.3 is 0 Å². The summed E-state index contributed by atoms with van der Waals surface area (Å²) in [6.07, 6.45) is 87.0. The molecule has 3 atom stereocenters. The van der Waals surface area contributed by atoms with E-state index in [1.807, 2.05) is 27.2 Å². The van der Waals surface area contributed by atoms with Crippen LogP contribution in [0.2, 0.25) is 0 Å². The standard InChI is InChI=1S/C65H103N2O6P/c1-6-8-10-12-14-16-18-19-20-21-22-23-24-25-26-27-28-29-30-31-32-33-34-35-36-37-38-39-40-41-42-43-44-45-46-47-49-51-53-55-57-59-65(69)66-63(62-73-74(70,71)72-61-60-67(3,4)5)64(68)58-56-54-52-50-48-17-15-13-11-9-7-2/h8,10-11,13-14,16,19-20,22-23,25-26,28-29,31-32,34-35,37-38,40-41,43-44,46-48,50,56,58,63-64,68H,6-7,9,12,15,17-18,21,24,27,30,33,36,39,42,45,49,51-55,57,59-62H2,1-5H3,(H-,66,69,70,71)/b10-8-,13-11+,16-14-,20-19-,23-22-,26-25-,29-28-,32-31-,35-34-,38-37-,41-40-,44-43-,47-46-,50-48+,58-56+. The van der Waals surface area contributed by atoms with Gasteiger partial charge in [-0.1, -0.05) is 215 Å². The van der Waals surface area contributed by atoms with Crippen LogP contribution in [0.3, 0.4) is 0 Å². The average molecular weight is 1040 g/mol. The number of amides is 1. The van der Waals surface area contributed by atoms with Crippen LogP contribution in [0.1, 0.15) is 168 Å². The van der Waals surface area contributed by atoms with E-state index < -0.39 is 26.6 Å². The zero-order chi connectivity index (χ0) is 54.2. The minimum atomic E-state index is -4.62. The Kier molecular flexibility index (Phi) is 50.3. The van der Waals surface area contributed by atoms with Gasteiger partial charge in [0.05, 0.1) is 39.9 Å². The molecular formula is C65H103N2O6P. The number of aliphatic hydroxyl groups is 1. The van der Waals surface area contributed by atoms with Crippen molar-refractivity contribution >= 4 is 13.7 Å². The van der Waals surface area contributed by atoms with Crippen LogP contribution < -0.4 is 10.2 Å². The quantitative estimate of drug-likeness (QED) is 0.0272. The summed E-state index contributed by atoms with van der Waals surface area (Å²) in [6, 6.07) is -0.936. The molecule has 2 N–H and O–H groups in total. The van der Waals surface area contributed by atoms with Crippen LogP contribution in [0.15, 0.2) is 182 Å². The van der Waals surface area contributed by atoms with E-state index >= 15 is 0 Å². The van der Waals surface area contributed by atoms with Gasteiger partial charge in [0.1, 0.15) is 13.2 Å². The fourth-order valence-electron chi connectivity index (χ4n) is 6.70. The van der Waals surface area contributed by atoms with E-state index in [-0.39, 0.29) is 18.9 Å². The van der Waals surface area contributed by atoms with Crippen LogP contribution in [0.25, 0.3) is 0 Å². The molecule has 0 bridgehead atoms. The second-order valence-corrected chi connectivity index (χ2v) is 20.6. The highest BCUT2D eigenvalue weighted by Crippen LogP contribution is 2.38. The molecule has 0 radical (unpaired) electrons. The predicted octanol–water partition coefficient (Wildman–Crippen LogP) is 16.8. The molecule has 0 aromatic rings. The van der Waals surface area contributed by atoms with E-state index in [0.29, 0.717) is 23.9 Å². The molecule has 74 heavy (non-hydrogen) atoms. The summed E-state index contributed by atoms with van der Waals surface area (Å²) >= 11 is 0. The lowest BCUT2D eigenvalue weighted by molar-refractivity contribution is -0.870. The van der Waals surface area contributed by atoms with Crippen LogP contribution in [0.5, 0.6) is 0 Å². The maximum Gasteiger partial charge on any atom is 0.268 e. The van der Waals surface area contributed by atoms with Gasteiger partial charge in [-0.05, 0) is 128 Å². The first kappa shape index (κ1) is 69.6. The monoisotopic (exact) mass is 1040 g/mol. The number of phosphoric ester groups is 1. The molecule has 8 nitrogen and oxygen atoms in total. The molecule has 0 fully saturated rings. The first-order valence-corrected chi connectivity index (χ1v) is 29.6. The van der Waals surface area contributed by atoms with Crippen molar-refractivity contribution in [2.24, 2.45) is 0 Å². The van der Waals surface area contributed by atoms with Crippen LogP contribution in [0, 0.1) is 0 Å². The molecule has 9 heteroatoms. The molecule has 0 aromatic heterocycles. The summed E-state index contributed by atoms with van der Waals surface area (Å²) in [7, 11) is 1.18. The van der Waals surface area contributed by atoms with Gasteiger partial charge in [-0.25, -0.2) is 0 Å². The zero-order valence-electron chi connectivity index (χ0n) is 46.9. The summed E-state index contributed by atoms with van der Waals surface area (Å²) in [5, 5.41) is 13.7. The van der Waals surface area contributed by atoms with Crippen molar-refractivity contribution in [1.29, 1.82) is 0 Å². The molecule has 0 spiro atoms. The molecule has 0 aliphatic heterocycles. The van der Waals surface area contributed by atoms with Gasteiger partial charge in [0, 0.05) is 6.42 Å². The maximum absolute atomic E-state index is 12.9. The molecule has 0 aliphatic carbocycles. The van der Waals surface area contributed by atoms with Gasteiger partial charge in [0.15, 0.2) is 0 Å². The number of unbranched alkanes of at least 4 members (excludes halogenated alkanes) is 7. The lowest BCUT2D eigenvalue weighted by Gasteiger charge is -2.29. The molecule has 0 saturated carbocycles. The molecular weight excluding hydrogens is 936 g/mol. The lowest BCUT2D eigenvalue weighted by Crippen LogP contribution is -2.45. The fraction of sp³-hybridized carbons (Fsp3) is 0.523. The highest BCUT2D eigenvalue weighted by atomic mass is 31.2. The number of hydrogen-bond donors (Lipinski definition) is 2. The highest BCUT2D eigenvalue weighted by molar-refractivity contribution is 7.45. The summed E-state index contributed by atoms with van der Waals surface area (Å²) in [6.45, 7) is 4.36. The topological polar surface area (TPSA) is 108 Å². The largest absolute Gasteiger partial charge is 0.756 e. The summed E-state index contributed by atoms with van der Waals surface area (Å²) in [5.74, 6) is -0.247. The van der Waals surface area contributed by atoms with E-state index in [9.17, 15) is 19.4 Å². The molecule has 0 heterocycles. The molecule has 0 aliphatic rings. The number of nitrogens with zero attached hydrogens (tertiary/aromatic N) is 1. The zero-order valence-corrected chi connectivity index (χ0v) is 47.8. The SMILES string of the molecule is CC/C=C\C/C=C\C/C=C\C/C=C\C/C=C\C/C=C\C/C=C\C/C=C\C/C=C\C/C=C\C/C=C\C/C=C\CCCCCCC(=O)NC(COP(=O)([O-])OCC[N+](C)(C)C)C(O)/C=C/CC/C=C/CC/C=C/CCC. The minimum Gasteiger partial charge on any atom is -0.756 e. The van der Waals surface area contributed by atoms with Crippen LogP contribution in [-0.2, 0) is 18.4 Å². The third kappa shape index (κ3) is 55.4. The molecule has 0 saturated heterocycles. The Labute approximate surface area is 453 Å². The number of carbonyl (C=O) groups excluding carboxylic acids is 1. The Balaban J connectivity index is 4.20. The number of hydrogen-bond acceptors (Lipinski definition) is 6. The van der Waals surface area contributed by atoms with Gasteiger partial charge < -0.3 is 28.8 Å². The highest BCUT2D eigenvalue weighted by Gasteiger charge is 2.23. The lowest BCUT2D eigenvalue weighted by atomic mass is 10.1. The molecule has 3 unspecified atom stereocenters. The van der Waals surface area contributed by atoms with Gasteiger partial charge in [0.2, 0.25) is 5.91 Å². The Hall–Kier alpha value is -4.40. The molecule has 1 amide bonds. The smallest absolute Gasteiger partial charge is 0.268 e. The Morgan fingerprint density at radius 1 is 0.486 bits per heavy atom. The van der Waals surface area contributed by atoms with Crippen molar-refractivity contribution in [3.05, 3.63) is 182 Å². The number of phosphoric acid groups is 1. The van der Waals surface area contributed by atoms with Crippen molar-refractivity contribution in [1.82, 2.24) is 5.32 Å². The Morgan fingerprint density at radius 3 is 1.23 bits per heavy atom. The van der Waals surface area contributed by atoms with Gasteiger partial charge in [-0.3, -0.25) is 9.36 Å². The number of allylic oxidation sites excluding steroid dienone is 29. The first-order chi connectivity index (χ1) is 36.0. The number of aliphatic hydroxyl groups excluding tert-OH is 1. The van der Waals surface area contributed by atoms with E-state index in [1.165, 1.54) is 0 Å². The van der Waals surface area contributed by atoms with Crippen LogP contribution >= 0.6 is 7.82 Å². The number of nitrogens with one attached hydrogen (secondary N) is 1. The van der Waals surface area contributed by atoms with Crippen LogP contribution in [0.4, 0.5) is 0 Å². The number of rotatable bonds is 48. The van der Waals surface area contributed by atoms with Gasteiger partial charge in [-0.15, -0.1) is 0 Å². The fourth-order valence-corrected chi connectivity index (χ4v) is 7.42. The van der Waals surface area contributed by atoms with Crippen LogP contribution in [-0.4, -0.2) is 68.5 Å². The average Bonchev–Trinajstić information content (AvgIpc) is 3.36. The van der Waals surface area contributed by atoms with Crippen molar-refractivity contribution in [2.45, 2.75) is 180 Å². The second kappa shape index (κ2) is 53.4. The molecule has 0 rings (SSSR count).